The number of carbonyl (C=O) groups is 1. The van der Waals surface area contributed by atoms with Crippen LogP contribution in [0, 0.1) is 5.82 Å². The SMILES string of the molecule is O=C(Cc1ccc(F)cc1)Oc1ccc2c(c1)CCCC2. The van der Waals surface area contributed by atoms with E-state index in [-0.39, 0.29) is 18.2 Å². The lowest BCUT2D eigenvalue weighted by atomic mass is 9.92. The van der Waals surface area contributed by atoms with Crippen molar-refractivity contribution in [1.29, 1.82) is 0 Å². The maximum absolute atomic E-state index is 12.8. The molecule has 0 spiro atoms. The van der Waals surface area contributed by atoms with Crippen molar-refractivity contribution in [3.63, 3.8) is 0 Å². The molecule has 0 saturated carbocycles. The van der Waals surface area contributed by atoms with Gasteiger partial charge in [-0.3, -0.25) is 4.79 Å². The summed E-state index contributed by atoms with van der Waals surface area (Å²) in [5, 5.41) is 0. The van der Waals surface area contributed by atoms with E-state index < -0.39 is 0 Å². The number of hydrogen-bond acceptors (Lipinski definition) is 2. The molecular formula is C18H17FO2. The van der Waals surface area contributed by atoms with Crippen LogP contribution in [-0.4, -0.2) is 5.97 Å². The molecular weight excluding hydrogens is 267 g/mol. The molecule has 0 radical (unpaired) electrons. The second kappa shape index (κ2) is 6.08. The Hall–Kier alpha value is -2.16. The third-order valence-electron chi connectivity index (χ3n) is 3.81. The second-order valence-corrected chi connectivity index (χ2v) is 5.41. The Labute approximate surface area is 123 Å². The van der Waals surface area contributed by atoms with Crippen molar-refractivity contribution in [2.24, 2.45) is 0 Å². The Bertz CT molecular complexity index is 647. The van der Waals surface area contributed by atoms with Crippen molar-refractivity contribution >= 4 is 5.97 Å². The van der Waals surface area contributed by atoms with Crippen molar-refractivity contribution in [1.82, 2.24) is 0 Å². The fraction of sp³-hybridized carbons (Fsp3) is 0.278. The zero-order valence-electron chi connectivity index (χ0n) is 11.8. The quantitative estimate of drug-likeness (QED) is 0.632. The highest BCUT2D eigenvalue weighted by molar-refractivity contribution is 5.75. The van der Waals surface area contributed by atoms with Gasteiger partial charge in [-0.2, -0.15) is 0 Å². The fourth-order valence-corrected chi connectivity index (χ4v) is 2.71. The van der Waals surface area contributed by atoms with E-state index in [1.165, 1.54) is 36.1 Å². The number of esters is 1. The molecule has 2 nitrogen and oxygen atoms in total. The molecule has 2 aromatic carbocycles. The number of ether oxygens (including phenoxy) is 1. The number of carbonyl (C=O) groups excluding carboxylic acids is 1. The van der Waals surface area contributed by atoms with E-state index in [2.05, 4.69) is 6.07 Å². The number of halogens is 1. The van der Waals surface area contributed by atoms with Crippen LogP contribution in [0.5, 0.6) is 5.75 Å². The first-order valence-corrected chi connectivity index (χ1v) is 7.27. The molecule has 0 fully saturated rings. The van der Waals surface area contributed by atoms with Gasteiger partial charge in [-0.05, 0) is 66.6 Å². The lowest BCUT2D eigenvalue weighted by Gasteiger charge is -2.16. The van der Waals surface area contributed by atoms with Crippen LogP contribution >= 0.6 is 0 Å². The summed E-state index contributed by atoms with van der Waals surface area (Å²) < 4.78 is 18.2. The summed E-state index contributed by atoms with van der Waals surface area (Å²) in [4.78, 5) is 11.9. The Morgan fingerprint density at radius 2 is 1.71 bits per heavy atom. The molecule has 1 aliphatic carbocycles. The highest BCUT2D eigenvalue weighted by atomic mass is 19.1. The van der Waals surface area contributed by atoms with Crippen LogP contribution < -0.4 is 4.74 Å². The molecule has 0 aliphatic heterocycles. The van der Waals surface area contributed by atoms with E-state index in [9.17, 15) is 9.18 Å². The number of fused-ring (bicyclic) bond motifs is 1. The van der Waals surface area contributed by atoms with Crippen LogP contribution in [-0.2, 0) is 24.1 Å². The number of hydrogen-bond donors (Lipinski definition) is 0. The number of aryl methyl sites for hydroxylation is 2. The maximum atomic E-state index is 12.8. The van der Waals surface area contributed by atoms with Gasteiger partial charge in [0.25, 0.3) is 0 Å². The van der Waals surface area contributed by atoms with Crippen LogP contribution in [0.25, 0.3) is 0 Å². The van der Waals surface area contributed by atoms with Crippen LogP contribution in [0.15, 0.2) is 42.5 Å². The zero-order chi connectivity index (χ0) is 14.7. The molecule has 21 heavy (non-hydrogen) atoms. The first-order chi connectivity index (χ1) is 10.2. The average Bonchev–Trinajstić information content (AvgIpc) is 2.49. The highest BCUT2D eigenvalue weighted by Crippen LogP contribution is 2.25. The summed E-state index contributed by atoms with van der Waals surface area (Å²) in [6, 6.07) is 11.8. The summed E-state index contributed by atoms with van der Waals surface area (Å²) in [6.45, 7) is 0. The van der Waals surface area contributed by atoms with Crippen LogP contribution in [0.1, 0.15) is 29.5 Å². The summed E-state index contributed by atoms with van der Waals surface area (Å²) in [6.07, 6.45) is 4.74. The van der Waals surface area contributed by atoms with Crippen molar-refractivity contribution in [2.75, 3.05) is 0 Å². The van der Waals surface area contributed by atoms with E-state index in [4.69, 9.17) is 4.74 Å². The lowest BCUT2D eigenvalue weighted by molar-refractivity contribution is -0.133. The van der Waals surface area contributed by atoms with Gasteiger partial charge in [-0.15, -0.1) is 0 Å². The second-order valence-electron chi connectivity index (χ2n) is 5.41. The molecule has 0 N–H and O–H groups in total. The molecule has 0 saturated heterocycles. The fourth-order valence-electron chi connectivity index (χ4n) is 2.71. The van der Waals surface area contributed by atoms with Crippen LogP contribution in [0.3, 0.4) is 0 Å². The van der Waals surface area contributed by atoms with Crippen LogP contribution in [0.4, 0.5) is 4.39 Å². The van der Waals surface area contributed by atoms with Gasteiger partial charge in [0.05, 0.1) is 6.42 Å². The largest absolute Gasteiger partial charge is 0.426 e. The Kier molecular flexibility index (Phi) is 4.00. The number of benzene rings is 2. The molecule has 0 aromatic heterocycles. The summed E-state index contributed by atoms with van der Waals surface area (Å²) in [5.41, 5.74) is 3.40. The van der Waals surface area contributed by atoms with Gasteiger partial charge in [0.2, 0.25) is 0 Å². The van der Waals surface area contributed by atoms with E-state index in [1.54, 1.807) is 12.1 Å². The normalized spacial score (nSPS) is 13.6. The third-order valence-corrected chi connectivity index (χ3v) is 3.81. The van der Waals surface area contributed by atoms with Gasteiger partial charge >= 0.3 is 5.97 Å². The molecule has 108 valence electrons. The van der Waals surface area contributed by atoms with E-state index in [0.29, 0.717) is 5.75 Å². The van der Waals surface area contributed by atoms with Crippen molar-refractivity contribution < 1.29 is 13.9 Å². The molecule has 0 atom stereocenters. The van der Waals surface area contributed by atoms with E-state index in [0.717, 1.165) is 18.4 Å². The van der Waals surface area contributed by atoms with Crippen molar-refractivity contribution in [3.8, 4) is 5.75 Å². The van der Waals surface area contributed by atoms with Gasteiger partial charge in [-0.1, -0.05) is 18.2 Å². The average molecular weight is 284 g/mol. The topological polar surface area (TPSA) is 26.3 Å². The predicted octanol–water partition coefficient (Wildman–Crippen LogP) is 3.85. The predicted molar refractivity (Wildman–Crippen MR) is 78.8 cm³/mol. The van der Waals surface area contributed by atoms with Gasteiger partial charge in [0, 0.05) is 0 Å². The molecule has 1 aliphatic rings. The third kappa shape index (κ3) is 3.48. The lowest BCUT2D eigenvalue weighted by Crippen LogP contribution is -2.12. The molecule has 3 rings (SSSR count). The monoisotopic (exact) mass is 284 g/mol. The summed E-state index contributed by atoms with van der Waals surface area (Å²) in [5.74, 6) is -0.0260. The smallest absolute Gasteiger partial charge is 0.315 e. The molecule has 2 aromatic rings. The molecule has 3 heteroatoms. The molecule has 0 unspecified atom stereocenters. The van der Waals surface area contributed by atoms with Gasteiger partial charge in [0.1, 0.15) is 11.6 Å². The van der Waals surface area contributed by atoms with Gasteiger partial charge < -0.3 is 4.74 Å². The van der Waals surface area contributed by atoms with Crippen LogP contribution in [0.2, 0.25) is 0 Å². The highest BCUT2D eigenvalue weighted by Gasteiger charge is 2.12. The first kappa shape index (κ1) is 13.8. The Balaban J connectivity index is 1.65. The van der Waals surface area contributed by atoms with Crippen molar-refractivity contribution in [2.45, 2.75) is 32.1 Å². The zero-order valence-corrected chi connectivity index (χ0v) is 11.8. The number of rotatable bonds is 3. The van der Waals surface area contributed by atoms with E-state index in [1.807, 2.05) is 12.1 Å². The summed E-state index contributed by atoms with van der Waals surface area (Å²) in [7, 11) is 0. The minimum atomic E-state index is -0.322. The van der Waals surface area contributed by atoms with E-state index >= 15 is 0 Å². The molecule has 0 heterocycles. The summed E-state index contributed by atoms with van der Waals surface area (Å²) >= 11 is 0. The minimum Gasteiger partial charge on any atom is -0.426 e. The van der Waals surface area contributed by atoms with Crippen molar-refractivity contribution in [3.05, 3.63) is 65.0 Å². The standard InChI is InChI=1S/C18H17FO2/c19-16-8-5-13(6-9-16)11-18(20)21-17-10-7-14-3-1-2-4-15(14)12-17/h5-10,12H,1-4,11H2. The Morgan fingerprint density at radius 3 is 2.48 bits per heavy atom. The van der Waals surface area contributed by atoms with Gasteiger partial charge in [-0.25, -0.2) is 4.39 Å². The Morgan fingerprint density at radius 1 is 1.00 bits per heavy atom. The molecule has 0 bridgehead atoms. The minimum absolute atomic E-state index is 0.150. The molecule has 0 amide bonds. The van der Waals surface area contributed by atoms with Gasteiger partial charge in [0.15, 0.2) is 0 Å². The maximum Gasteiger partial charge on any atom is 0.315 e. The first-order valence-electron chi connectivity index (χ1n) is 7.27.